The number of hydrogen-bond donors (Lipinski definition) is 1. The molecule has 92 valence electrons. The summed E-state index contributed by atoms with van der Waals surface area (Å²) in [6.45, 7) is 1.27. The minimum atomic E-state index is 0.188. The molecule has 0 unspecified atom stereocenters. The van der Waals surface area contributed by atoms with Crippen LogP contribution in [-0.2, 0) is 11.2 Å². The highest BCUT2D eigenvalue weighted by atomic mass is 16.2. The van der Waals surface area contributed by atoms with Crippen LogP contribution in [0.5, 0.6) is 0 Å². The number of benzene rings is 1. The summed E-state index contributed by atoms with van der Waals surface area (Å²) in [4.78, 5) is 13.6. The van der Waals surface area contributed by atoms with Gasteiger partial charge in [-0.2, -0.15) is 0 Å². The lowest BCUT2D eigenvalue weighted by atomic mass is 10.1. The lowest BCUT2D eigenvalue weighted by Gasteiger charge is -2.17. The van der Waals surface area contributed by atoms with Crippen LogP contribution in [0.2, 0.25) is 0 Å². The van der Waals surface area contributed by atoms with Crippen molar-refractivity contribution in [3.63, 3.8) is 0 Å². The quantitative estimate of drug-likeness (QED) is 0.805. The monoisotopic (exact) mass is 232 g/mol. The Morgan fingerprint density at radius 3 is 2.71 bits per heavy atom. The highest BCUT2D eigenvalue weighted by Crippen LogP contribution is 2.18. The van der Waals surface area contributed by atoms with Gasteiger partial charge in [0.05, 0.1) is 6.54 Å². The summed E-state index contributed by atoms with van der Waals surface area (Å²) in [7, 11) is 1.87. The van der Waals surface area contributed by atoms with Gasteiger partial charge in [-0.25, -0.2) is 0 Å². The average molecular weight is 232 g/mol. The number of carbonyl (C=O) groups excluding carboxylic acids is 1. The molecular weight excluding hydrogens is 212 g/mol. The molecule has 1 aliphatic rings. The molecule has 0 bridgehead atoms. The molecule has 1 fully saturated rings. The van der Waals surface area contributed by atoms with Crippen molar-refractivity contribution in [1.82, 2.24) is 10.2 Å². The maximum absolute atomic E-state index is 11.8. The number of rotatable bonds is 6. The molecule has 1 N–H and O–H groups in total. The summed E-state index contributed by atoms with van der Waals surface area (Å²) in [6.07, 6.45) is 3.37. The molecule has 2 rings (SSSR count). The molecule has 0 saturated heterocycles. The van der Waals surface area contributed by atoms with Gasteiger partial charge in [-0.05, 0) is 24.8 Å². The minimum Gasteiger partial charge on any atom is -0.344 e. The SMILES string of the molecule is CN(CCc1ccccc1)C(=O)CNC1CC1. The molecule has 0 radical (unpaired) electrons. The van der Waals surface area contributed by atoms with E-state index < -0.39 is 0 Å². The lowest BCUT2D eigenvalue weighted by molar-refractivity contribution is -0.128. The third-order valence-corrected chi connectivity index (χ3v) is 3.12. The van der Waals surface area contributed by atoms with Crippen molar-refractivity contribution in [3.8, 4) is 0 Å². The standard InChI is InChI=1S/C14H20N2O/c1-16(14(17)11-15-13-7-8-13)10-9-12-5-3-2-4-6-12/h2-6,13,15H,7-11H2,1H3. The van der Waals surface area contributed by atoms with E-state index in [4.69, 9.17) is 0 Å². The number of hydrogen-bond acceptors (Lipinski definition) is 2. The van der Waals surface area contributed by atoms with Crippen LogP contribution in [-0.4, -0.2) is 37.0 Å². The summed E-state index contributed by atoms with van der Waals surface area (Å²) in [5.74, 6) is 0.188. The molecule has 1 aromatic carbocycles. The van der Waals surface area contributed by atoms with Crippen molar-refractivity contribution < 1.29 is 4.79 Å². The minimum absolute atomic E-state index is 0.188. The number of amides is 1. The van der Waals surface area contributed by atoms with Crippen molar-refractivity contribution in [3.05, 3.63) is 35.9 Å². The van der Waals surface area contributed by atoms with E-state index >= 15 is 0 Å². The van der Waals surface area contributed by atoms with Gasteiger partial charge < -0.3 is 10.2 Å². The second-order valence-corrected chi connectivity index (χ2v) is 4.71. The molecular formula is C14H20N2O. The smallest absolute Gasteiger partial charge is 0.236 e. The normalized spacial score (nSPS) is 14.6. The average Bonchev–Trinajstić information content (AvgIpc) is 3.18. The van der Waals surface area contributed by atoms with Gasteiger partial charge in [0.2, 0.25) is 5.91 Å². The summed E-state index contributed by atoms with van der Waals surface area (Å²) >= 11 is 0. The van der Waals surface area contributed by atoms with Gasteiger partial charge in [0, 0.05) is 19.6 Å². The first kappa shape index (κ1) is 12.1. The molecule has 0 heterocycles. The van der Waals surface area contributed by atoms with E-state index in [9.17, 15) is 4.79 Å². The zero-order chi connectivity index (χ0) is 12.1. The summed E-state index contributed by atoms with van der Waals surface area (Å²) in [6, 6.07) is 10.9. The fourth-order valence-electron chi connectivity index (χ4n) is 1.72. The van der Waals surface area contributed by atoms with Crippen LogP contribution in [0.15, 0.2) is 30.3 Å². The highest BCUT2D eigenvalue weighted by Gasteiger charge is 2.21. The second-order valence-electron chi connectivity index (χ2n) is 4.71. The van der Waals surface area contributed by atoms with Gasteiger partial charge in [-0.15, -0.1) is 0 Å². The largest absolute Gasteiger partial charge is 0.344 e. The van der Waals surface area contributed by atoms with Gasteiger partial charge in [0.15, 0.2) is 0 Å². The molecule has 1 aromatic rings. The Morgan fingerprint density at radius 2 is 2.06 bits per heavy atom. The fourth-order valence-corrected chi connectivity index (χ4v) is 1.72. The zero-order valence-electron chi connectivity index (χ0n) is 10.4. The molecule has 17 heavy (non-hydrogen) atoms. The number of nitrogens with one attached hydrogen (secondary N) is 1. The number of nitrogens with zero attached hydrogens (tertiary/aromatic N) is 1. The Bertz CT molecular complexity index is 360. The Morgan fingerprint density at radius 1 is 1.35 bits per heavy atom. The van der Waals surface area contributed by atoms with Crippen LogP contribution in [0.3, 0.4) is 0 Å². The Hall–Kier alpha value is -1.35. The number of likely N-dealkylation sites (N-methyl/N-ethyl adjacent to an activating group) is 1. The Balaban J connectivity index is 1.68. The molecule has 0 aromatic heterocycles. The van der Waals surface area contributed by atoms with Crippen molar-refractivity contribution in [1.29, 1.82) is 0 Å². The van der Waals surface area contributed by atoms with Crippen LogP contribution in [0.25, 0.3) is 0 Å². The van der Waals surface area contributed by atoms with Crippen LogP contribution in [0, 0.1) is 0 Å². The summed E-state index contributed by atoms with van der Waals surface area (Å²) in [5.41, 5.74) is 1.28. The summed E-state index contributed by atoms with van der Waals surface area (Å²) < 4.78 is 0. The van der Waals surface area contributed by atoms with Crippen LogP contribution in [0.4, 0.5) is 0 Å². The van der Waals surface area contributed by atoms with Gasteiger partial charge in [-0.3, -0.25) is 4.79 Å². The fraction of sp³-hybridized carbons (Fsp3) is 0.500. The molecule has 0 aliphatic heterocycles. The first-order valence-corrected chi connectivity index (χ1v) is 6.27. The van der Waals surface area contributed by atoms with Crippen LogP contribution >= 0.6 is 0 Å². The molecule has 0 spiro atoms. The van der Waals surface area contributed by atoms with Gasteiger partial charge in [-0.1, -0.05) is 30.3 Å². The van der Waals surface area contributed by atoms with E-state index in [2.05, 4.69) is 17.4 Å². The predicted molar refractivity (Wildman–Crippen MR) is 68.8 cm³/mol. The van der Waals surface area contributed by atoms with Crippen molar-refractivity contribution in [2.24, 2.45) is 0 Å². The third-order valence-electron chi connectivity index (χ3n) is 3.12. The van der Waals surface area contributed by atoms with Crippen LogP contribution in [0.1, 0.15) is 18.4 Å². The topological polar surface area (TPSA) is 32.3 Å². The van der Waals surface area contributed by atoms with E-state index in [0.717, 1.165) is 13.0 Å². The highest BCUT2D eigenvalue weighted by molar-refractivity contribution is 5.78. The van der Waals surface area contributed by atoms with E-state index in [1.807, 2.05) is 30.1 Å². The first-order chi connectivity index (χ1) is 8.25. The molecule has 1 aliphatic carbocycles. The predicted octanol–water partition coefficient (Wildman–Crippen LogP) is 1.44. The van der Waals surface area contributed by atoms with Crippen LogP contribution < -0.4 is 5.32 Å². The van der Waals surface area contributed by atoms with Gasteiger partial charge in [0.25, 0.3) is 0 Å². The van der Waals surface area contributed by atoms with E-state index in [1.165, 1.54) is 18.4 Å². The van der Waals surface area contributed by atoms with Crippen molar-refractivity contribution in [2.75, 3.05) is 20.1 Å². The van der Waals surface area contributed by atoms with Crippen molar-refractivity contribution in [2.45, 2.75) is 25.3 Å². The van der Waals surface area contributed by atoms with Crippen molar-refractivity contribution >= 4 is 5.91 Å². The Labute approximate surface area is 103 Å². The lowest BCUT2D eigenvalue weighted by Crippen LogP contribution is -2.37. The molecule has 0 atom stereocenters. The molecule has 3 nitrogen and oxygen atoms in total. The third kappa shape index (κ3) is 4.19. The number of carbonyl (C=O) groups is 1. The summed E-state index contributed by atoms with van der Waals surface area (Å²) in [5, 5.41) is 3.24. The Kier molecular flexibility index (Phi) is 4.15. The molecule has 3 heteroatoms. The maximum Gasteiger partial charge on any atom is 0.236 e. The zero-order valence-corrected chi connectivity index (χ0v) is 10.4. The molecule has 1 saturated carbocycles. The van der Waals surface area contributed by atoms with Gasteiger partial charge in [0.1, 0.15) is 0 Å². The van der Waals surface area contributed by atoms with E-state index in [1.54, 1.807) is 0 Å². The van der Waals surface area contributed by atoms with Gasteiger partial charge >= 0.3 is 0 Å². The van der Waals surface area contributed by atoms with E-state index in [0.29, 0.717) is 12.6 Å². The first-order valence-electron chi connectivity index (χ1n) is 6.27. The molecule has 1 amide bonds. The second kappa shape index (κ2) is 5.82. The van der Waals surface area contributed by atoms with E-state index in [-0.39, 0.29) is 5.91 Å². The maximum atomic E-state index is 11.8.